The third-order valence-electron chi connectivity index (χ3n) is 1.16. The SMILES string of the molecule is CC(=O)C(C)O.CC(C)CC=O. The van der Waals surface area contributed by atoms with Crippen molar-refractivity contribution in [1.82, 2.24) is 0 Å². The molecule has 0 spiro atoms. The van der Waals surface area contributed by atoms with Crippen LogP contribution in [0.1, 0.15) is 34.1 Å². The van der Waals surface area contributed by atoms with Crippen LogP contribution in [0, 0.1) is 5.92 Å². The third-order valence-corrected chi connectivity index (χ3v) is 1.16. The summed E-state index contributed by atoms with van der Waals surface area (Å²) in [6.07, 6.45) is 0.856. The van der Waals surface area contributed by atoms with Crippen LogP contribution in [0.5, 0.6) is 0 Å². The second-order valence-electron chi connectivity index (χ2n) is 3.08. The first-order valence-corrected chi connectivity index (χ1v) is 4.04. The van der Waals surface area contributed by atoms with Gasteiger partial charge in [-0.1, -0.05) is 13.8 Å². The molecule has 3 heteroatoms. The summed E-state index contributed by atoms with van der Waals surface area (Å²) in [5, 5.41) is 8.28. The molecule has 0 aliphatic rings. The molecule has 1 unspecified atom stereocenters. The van der Waals surface area contributed by atoms with Crippen LogP contribution in [0.25, 0.3) is 0 Å². The topological polar surface area (TPSA) is 54.4 Å². The fourth-order valence-electron chi connectivity index (χ4n) is 0.192. The number of aldehydes is 1. The Morgan fingerprint density at radius 2 is 1.75 bits per heavy atom. The highest BCUT2D eigenvalue weighted by Gasteiger charge is 1.97. The summed E-state index contributed by atoms with van der Waals surface area (Å²) < 4.78 is 0. The van der Waals surface area contributed by atoms with Crippen molar-refractivity contribution in [3.05, 3.63) is 0 Å². The number of hydrogen-bond acceptors (Lipinski definition) is 3. The van der Waals surface area contributed by atoms with E-state index >= 15 is 0 Å². The maximum Gasteiger partial charge on any atom is 0.157 e. The minimum atomic E-state index is -0.787. The van der Waals surface area contributed by atoms with Crippen LogP contribution in [0.4, 0.5) is 0 Å². The number of carbonyl (C=O) groups excluding carboxylic acids is 2. The van der Waals surface area contributed by atoms with Gasteiger partial charge in [0.15, 0.2) is 5.78 Å². The molecule has 3 nitrogen and oxygen atoms in total. The van der Waals surface area contributed by atoms with Crippen molar-refractivity contribution < 1.29 is 14.7 Å². The van der Waals surface area contributed by atoms with E-state index in [1.165, 1.54) is 13.8 Å². The van der Waals surface area contributed by atoms with Crippen molar-refractivity contribution in [2.24, 2.45) is 5.92 Å². The van der Waals surface area contributed by atoms with Crippen LogP contribution in [-0.2, 0) is 9.59 Å². The highest BCUT2D eigenvalue weighted by atomic mass is 16.3. The Balaban J connectivity index is 0. The first kappa shape index (κ1) is 13.9. The normalized spacial score (nSPS) is 11.5. The van der Waals surface area contributed by atoms with Gasteiger partial charge in [-0.05, 0) is 19.8 Å². The van der Waals surface area contributed by atoms with E-state index in [0.717, 1.165) is 6.29 Å². The maximum absolute atomic E-state index is 9.89. The summed E-state index contributed by atoms with van der Waals surface area (Å²) in [4.78, 5) is 19.5. The monoisotopic (exact) mass is 174 g/mol. The molecular weight excluding hydrogens is 156 g/mol. The molecule has 0 aromatic carbocycles. The second-order valence-corrected chi connectivity index (χ2v) is 3.08. The van der Waals surface area contributed by atoms with Crippen molar-refractivity contribution in [3.63, 3.8) is 0 Å². The third kappa shape index (κ3) is 16.1. The average Bonchev–Trinajstić information content (AvgIpc) is 1.87. The lowest BCUT2D eigenvalue weighted by Crippen LogP contribution is -2.10. The zero-order valence-corrected chi connectivity index (χ0v) is 8.20. The Kier molecular flexibility index (Phi) is 9.70. The quantitative estimate of drug-likeness (QED) is 0.654. The van der Waals surface area contributed by atoms with Crippen LogP contribution >= 0.6 is 0 Å². The molecule has 0 heterocycles. The molecule has 0 amide bonds. The zero-order valence-electron chi connectivity index (χ0n) is 8.20. The second kappa shape index (κ2) is 8.40. The van der Waals surface area contributed by atoms with Gasteiger partial charge in [0.05, 0.1) is 0 Å². The molecule has 0 saturated heterocycles. The molecule has 0 bridgehead atoms. The molecule has 1 atom stereocenters. The van der Waals surface area contributed by atoms with Gasteiger partial charge in [0, 0.05) is 6.42 Å². The number of aliphatic hydroxyl groups is 1. The van der Waals surface area contributed by atoms with E-state index in [9.17, 15) is 9.59 Å². The van der Waals surface area contributed by atoms with Gasteiger partial charge < -0.3 is 9.90 Å². The fourth-order valence-corrected chi connectivity index (χ4v) is 0.192. The standard InChI is InChI=1S/C5H10O.C4H8O2/c1-5(2)3-4-6;1-3(5)4(2)6/h4-5H,3H2,1-2H3;3,5H,1-2H3. The smallest absolute Gasteiger partial charge is 0.157 e. The van der Waals surface area contributed by atoms with E-state index in [4.69, 9.17) is 5.11 Å². The van der Waals surface area contributed by atoms with Crippen molar-refractivity contribution in [3.8, 4) is 0 Å². The molecule has 72 valence electrons. The van der Waals surface area contributed by atoms with Crippen LogP contribution in [0.15, 0.2) is 0 Å². The predicted octanol–water partition coefficient (Wildman–Crippen LogP) is 1.19. The molecule has 0 radical (unpaired) electrons. The average molecular weight is 174 g/mol. The number of rotatable bonds is 3. The first-order valence-electron chi connectivity index (χ1n) is 4.04. The van der Waals surface area contributed by atoms with Crippen molar-refractivity contribution in [1.29, 1.82) is 0 Å². The minimum Gasteiger partial charge on any atom is -0.386 e. The summed E-state index contributed by atoms with van der Waals surface area (Å²) in [6, 6.07) is 0. The molecular formula is C9H18O3. The van der Waals surface area contributed by atoms with Crippen molar-refractivity contribution >= 4 is 12.1 Å². The number of aliphatic hydroxyl groups excluding tert-OH is 1. The Morgan fingerprint density at radius 1 is 1.42 bits per heavy atom. The van der Waals surface area contributed by atoms with Crippen LogP contribution in [-0.4, -0.2) is 23.3 Å². The fraction of sp³-hybridized carbons (Fsp3) is 0.778. The molecule has 0 fully saturated rings. The van der Waals surface area contributed by atoms with E-state index in [2.05, 4.69) is 0 Å². The predicted molar refractivity (Wildman–Crippen MR) is 47.9 cm³/mol. The lowest BCUT2D eigenvalue weighted by atomic mass is 10.2. The molecule has 0 aromatic heterocycles. The summed E-state index contributed by atoms with van der Waals surface area (Å²) in [5.41, 5.74) is 0. The molecule has 0 rings (SSSR count). The highest BCUT2D eigenvalue weighted by molar-refractivity contribution is 5.79. The highest BCUT2D eigenvalue weighted by Crippen LogP contribution is 1.92. The van der Waals surface area contributed by atoms with Gasteiger partial charge in [-0.25, -0.2) is 0 Å². The van der Waals surface area contributed by atoms with E-state index in [-0.39, 0.29) is 5.78 Å². The van der Waals surface area contributed by atoms with Crippen molar-refractivity contribution in [2.75, 3.05) is 0 Å². The molecule has 0 aromatic rings. The lowest BCUT2D eigenvalue weighted by molar-refractivity contribution is -0.124. The van der Waals surface area contributed by atoms with Crippen LogP contribution < -0.4 is 0 Å². The number of carbonyl (C=O) groups is 2. The Labute approximate surface area is 73.8 Å². The number of Topliss-reactive ketones (excluding diaryl/α,β-unsaturated/α-hetero) is 1. The maximum atomic E-state index is 9.89. The van der Waals surface area contributed by atoms with Gasteiger partial charge in [-0.2, -0.15) is 0 Å². The summed E-state index contributed by atoms with van der Waals surface area (Å²) in [6.45, 7) is 6.84. The number of hydrogen-bond donors (Lipinski definition) is 1. The van der Waals surface area contributed by atoms with Crippen molar-refractivity contribution in [2.45, 2.75) is 40.2 Å². The summed E-state index contributed by atoms with van der Waals surface area (Å²) in [7, 11) is 0. The Morgan fingerprint density at radius 3 is 1.75 bits per heavy atom. The molecule has 0 aliphatic carbocycles. The van der Waals surface area contributed by atoms with Gasteiger partial charge in [0.2, 0.25) is 0 Å². The first-order chi connectivity index (χ1) is 5.41. The van der Waals surface area contributed by atoms with Gasteiger partial charge in [0.1, 0.15) is 12.4 Å². The van der Waals surface area contributed by atoms with Gasteiger partial charge in [0.25, 0.3) is 0 Å². The van der Waals surface area contributed by atoms with Gasteiger partial charge in [-0.3, -0.25) is 4.79 Å². The van der Waals surface area contributed by atoms with E-state index in [1.54, 1.807) is 0 Å². The van der Waals surface area contributed by atoms with Crippen LogP contribution in [0.2, 0.25) is 0 Å². The largest absolute Gasteiger partial charge is 0.386 e. The zero-order chi connectivity index (χ0) is 10.1. The van der Waals surface area contributed by atoms with Gasteiger partial charge >= 0.3 is 0 Å². The van der Waals surface area contributed by atoms with E-state index in [1.807, 2.05) is 13.8 Å². The van der Waals surface area contributed by atoms with Crippen LogP contribution in [0.3, 0.4) is 0 Å². The Bertz CT molecular complexity index is 128. The van der Waals surface area contributed by atoms with E-state index in [0.29, 0.717) is 12.3 Å². The number of ketones is 1. The Hall–Kier alpha value is -0.700. The minimum absolute atomic E-state index is 0.185. The molecule has 0 aliphatic heterocycles. The molecule has 12 heavy (non-hydrogen) atoms. The van der Waals surface area contributed by atoms with Gasteiger partial charge in [-0.15, -0.1) is 0 Å². The molecule has 1 N–H and O–H groups in total. The van der Waals surface area contributed by atoms with E-state index < -0.39 is 6.10 Å². The summed E-state index contributed by atoms with van der Waals surface area (Å²) >= 11 is 0. The summed E-state index contributed by atoms with van der Waals surface area (Å²) in [5.74, 6) is 0.345. The lowest BCUT2D eigenvalue weighted by Gasteiger charge is -1.90. The molecule has 0 saturated carbocycles.